The fourth-order valence-electron chi connectivity index (χ4n) is 4.20. The van der Waals surface area contributed by atoms with E-state index in [2.05, 4.69) is 40.9 Å². The largest absolute Gasteiger partial charge is 0.422 e. The van der Waals surface area contributed by atoms with Crippen molar-refractivity contribution in [2.24, 2.45) is 10.2 Å². The number of aromatic nitrogens is 1. The predicted molar refractivity (Wildman–Crippen MR) is 165 cm³/mol. The molecular formula is C31H33N5O2S2. The van der Waals surface area contributed by atoms with E-state index in [0.29, 0.717) is 10.9 Å². The third-order valence-electron chi connectivity index (χ3n) is 6.41. The van der Waals surface area contributed by atoms with Crippen molar-refractivity contribution in [3.8, 4) is 11.8 Å². The molecule has 0 bridgehead atoms. The maximum atomic E-state index is 12.6. The number of anilines is 1. The van der Waals surface area contributed by atoms with Crippen LogP contribution in [0.3, 0.4) is 0 Å². The van der Waals surface area contributed by atoms with Gasteiger partial charge in [0.1, 0.15) is 22.2 Å². The van der Waals surface area contributed by atoms with Gasteiger partial charge in [-0.15, -0.1) is 21.6 Å². The van der Waals surface area contributed by atoms with Crippen LogP contribution < -0.4 is 9.64 Å². The van der Waals surface area contributed by atoms with Crippen molar-refractivity contribution in [1.29, 1.82) is 5.26 Å². The SMILES string of the molecule is CCCCCCc1ccc(OC(=O)/C(C#N)=C/c2cc3sc(N=Nc4ccc(N(CC)CC)cc4)nc3s2)cc1. The highest BCUT2D eigenvalue weighted by Crippen LogP contribution is 2.36. The third-order valence-corrected chi connectivity index (χ3v) is 8.40. The highest BCUT2D eigenvalue weighted by molar-refractivity contribution is 7.29. The number of hydrogen-bond acceptors (Lipinski definition) is 9. The van der Waals surface area contributed by atoms with Crippen LogP contribution in [0.15, 0.2) is 70.4 Å². The van der Waals surface area contributed by atoms with Crippen molar-refractivity contribution in [1.82, 2.24) is 4.98 Å². The Morgan fingerprint density at radius 1 is 1.00 bits per heavy atom. The van der Waals surface area contributed by atoms with Gasteiger partial charge in [0, 0.05) is 23.7 Å². The van der Waals surface area contributed by atoms with Crippen molar-refractivity contribution in [2.45, 2.75) is 52.9 Å². The van der Waals surface area contributed by atoms with Crippen LogP contribution in [-0.2, 0) is 11.2 Å². The Balaban J connectivity index is 1.37. The van der Waals surface area contributed by atoms with Crippen LogP contribution in [0.2, 0.25) is 0 Å². The zero-order valence-corrected chi connectivity index (χ0v) is 24.7. The zero-order chi connectivity index (χ0) is 28.3. The summed E-state index contributed by atoms with van der Waals surface area (Å²) in [5, 5.41) is 18.8. The van der Waals surface area contributed by atoms with Crippen LogP contribution in [0.1, 0.15) is 56.9 Å². The van der Waals surface area contributed by atoms with Gasteiger partial charge in [0.2, 0.25) is 5.13 Å². The van der Waals surface area contributed by atoms with Gasteiger partial charge < -0.3 is 9.64 Å². The van der Waals surface area contributed by atoms with Gasteiger partial charge in [0.25, 0.3) is 0 Å². The van der Waals surface area contributed by atoms with E-state index < -0.39 is 5.97 Å². The van der Waals surface area contributed by atoms with E-state index in [9.17, 15) is 10.1 Å². The minimum atomic E-state index is -0.676. The summed E-state index contributed by atoms with van der Waals surface area (Å²) in [5.41, 5.74) is 3.07. The molecule has 2 heterocycles. The van der Waals surface area contributed by atoms with Gasteiger partial charge in [-0.3, -0.25) is 0 Å². The Bertz CT molecular complexity index is 1480. The average molecular weight is 572 g/mol. The van der Waals surface area contributed by atoms with Crippen LogP contribution in [0, 0.1) is 11.3 Å². The van der Waals surface area contributed by atoms with E-state index in [1.807, 2.05) is 48.5 Å². The summed E-state index contributed by atoms with van der Waals surface area (Å²) >= 11 is 2.80. The van der Waals surface area contributed by atoms with Crippen molar-refractivity contribution in [3.05, 3.63) is 70.6 Å². The molecule has 0 unspecified atom stereocenters. The Morgan fingerprint density at radius 2 is 1.75 bits per heavy atom. The summed E-state index contributed by atoms with van der Waals surface area (Å²) in [6.07, 6.45) is 7.38. The first-order chi connectivity index (χ1) is 19.5. The first-order valence-corrected chi connectivity index (χ1v) is 15.3. The molecule has 2 aromatic carbocycles. The quantitative estimate of drug-likeness (QED) is 0.0398. The maximum Gasteiger partial charge on any atom is 0.354 e. The van der Waals surface area contributed by atoms with E-state index in [1.165, 1.54) is 47.5 Å². The summed E-state index contributed by atoms with van der Waals surface area (Å²) in [6, 6.07) is 19.3. The summed E-state index contributed by atoms with van der Waals surface area (Å²) in [4.78, 5) is 21.0. The first-order valence-electron chi connectivity index (χ1n) is 13.6. The van der Waals surface area contributed by atoms with Gasteiger partial charge >= 0.3 is 5.97 Å². The Hall–Kier alpha value is -3.87. The Morgan fingerprint density at radius 3 is 2.40 bits per heavy atom. The standard InChI is InChI=1S/C31H33N5O2S2/c1-4-7-8-9-10-22-11-17-26(18-12-22)38-30(37)23(21-32)19-27-20-28-29(39-27)33-31(40-28)35-34-24-13-15-25(16-14-24)36(5-2)6-3/h11-20H,4-10H2,1-3H3/b23-19+,35-34?. The number of carbonyl (C=O) groups is 1. The van der Waals surface area contributed by atoms with Gasteiger partial charge in [-0.2, -0.15) is 5.26 Å². The first kappa shape index (κ1) is 29.1. The van der Waals surface area contributed by atoms with Gasteiger partial charge in [-0.25, -0.2) is 9.78 Å². The molecule has 0 atom stereocenters. The number of nitriles is 1. The molecule has 0 aliphatic carbocycles. The zero-order valence-electron chi connectivity index (χ0n) is 23.1. The second-order valence-corrected chi connectivity index (χ2v) is 11.3. The van der Waals surface area contributed by atoms with E-state index in [0.717, 1.165) is 51.7 Å². The van der Waals surface area contributed by atoms with Gasteiger partial charge in [0.05, 0.1) is 10.4 Å². The number of aryl methyl sites for hydroxylation is 1. The topological polar surface area (TPSA) is 90.9 Å². The number of ether oxygens (including phenoxy) is 1. The average Bonchev–Trinajstić information content (AvgIpc) is 3.53. The minimum absolute atomic E-state index is 0.0642. The number of nitrogens with zero attached hydrogens (tertiary/aromatic N) is 5. The number of esters is 1. The van der Waals surface area contributed by atoms with Gasteiger partial charge in [-0.1, -0.05) is 49.7 Å². The Labute approximate surface area is 243 Å². The van der Waals surface area contributed by atoms with E-state index in [4.69, 9.17) is 4.74 Å². The highest BCUT2D eigenvalue weighted by atomic mass is 32.1. The Kier molecular flexibility index (Phi) is 10.6. The van der Waals surface area contributed by atoms with Crippen LogP contribution in [0.5, 0.6) is 5.75 Å². The van der Waals surface area contributed by atoms with Crippen LogP contribution in [0.4, 0.5) is 16.5 Å². The van der Waals surface area contributed by atoms with Crippen molar-refractivity contribution < 1.29 is 9.53 Å². The number of carbonyl (C=O) groups excluding carboxylic acids is 1. The molecule has 0 saturated heterocycles. The van der Waals surface area contributed by atoms with Gasteiger partial charge in [-0.05, 0) is 80.8 Å². The second kappa shape index (κ2) is 14.5. The lowest BCUT2D eigenvalue weighted by Crippen LogP contribution is -2.21. The summed E-state index contributed by atoms with van der Waals surface area (Å²) in [5.74, 6) is -0.251. The number of thiophene rings is 1. The fraction of sp³-hybridized carbons (Fsp3) is 0.323. The molecule has 7 nitrogen and oxygen atoms in total. The number of benzene rings is 2. The lowest BCUT2D eigenvalue weighted by Gasteiger charge is -2.20. The molecule has 4 aromatic rings. The predicted octanol–water partition coefficient (Wildman–Crippen LogP) is 9.25. The maximum absolute atomic E-state index is 12.6. The fourth-order valence-corrected chi connectivity index (χ4v) is 6.18. The van der Waals surface area contributed by atoms with Crippen molar-refractivity contribution >= 4 is 60.8 Å². The molecule has 0 aliphatic heterocycles. The smallest absolute Gasteiger partial charge is 0.354 e. The van der Waals surface area contributed by atoms with Crippen molar-refractivity contribution in [3.63, 3.8) is 0 Å². The molecule has 0 aliphatic rings. The number of fused-ring (bicyclic) bond motifs is 1. The molecule has 0 N–H and O–H groups in total. The van der Waals surface area contributed by atoms with Crippen LogP contribution >= 0.6 is 22.7 Å². The number of unbranched alkanes of at least 4 members (excludes halogenated alkanes) is 3. The lowest BCUT2D eigenvalue weighted by atomic mass is 10.1. The van der Waals surface area contributed by atoms with Crippen LogP contribution in [-0.4, -0.2) is 24.0 Å². The van der Waals surface area contributed by atoms with E-state index in [-0.39, 0.29) is 5.57 Å². The third kappa shape index (κ3) is 7.84. The van der Waals surface area contributed by atoms with E-state index >= 15 is 0 Å². The van der Waals surface area contributed by atoms with Crippen molar-refractivity contribution in [2.75, 3.05) is 18.0 Å². The molecule has 0 fully saturated rings. The molecule has 0 radical (unpaired) electrons. The number of rotatable bonds is 13. The molecule has 0 amide bonds. The molecule has 4 rings (SSSR count). The van der Waals surface area contributed by atoms with Gasteiger partial charge in [0.15, 0.2) is 0 Å². The number of thiazole rings is 1. The molecule has 9 heteroatoms. The highest BCUT2D eigenvalue weighted by Gasteiger charge is 2.14. The minimum Gasteiger partial charge on any atom is -0.422 e. The number of azo groups is 1. The molecule has 206 valence electrons. The molecule has 40 heavy (non-hydrogen) atoms. The summed E-state index contributed by atoms with van der Waals surface area (Å²) in [6.45, 7) is 8.37. The van der Waals surface area contributed by atoms with E-state index in [1.54, 1.807) is 18.2 Å². The number of hydrogen-bond donors (Lipinski definition) is 0. The normalized spacial score (nSPS) is 11.7. The molecule has 0 spiro atoms. The molecule has 2 aromatic heterocycles. The molecule has 0 saturated carbocycles. The molecular weight excluding hydrogens is 539 g/mol. The second-order valence-electron chi connectivity index (χ2n) is 9.22. The lowest BCUT2D eigenvalue weighted by molar-refractivity contribution is -0.129. The summed E-state index contributed by atoms with van der Waals surface area (Å²) < 4.78 is 6.37. The van der Waals surface area contributed by atoms with Crippen LogP contribution in [0.25, 0.3) is 15.6 Å². The summed E-state index contributed by atoms with van der Waals surface area (Å²) in [7, 11) is 0. The monoisotopic (exact) mass is 571 g/mol.